The first-order chi connectivity index (χ1) is 7.54. The number of aromatic hydroxyl groups is 2. The van der Waals surface area contributed by atoms with Crippen LogP contribution in [0.15, 0.2) is 18.2 Å². The summed E-state index contributed by atoms with van der Waals surface area (Å²) >= 11 is 1.63. The van der Waals surface area contributed by atoms with E-state index in [9.17, 15) is 15.0 Å². The molecule has 0 saturated carbocycles. The molecule has 0 aliphatic carbocycles. The van der Waals surface area contributed by atoms with E-state index in [1.807, 2.05) is 13.2 Å². The molecule has 4 nitrogen and oxygen atoms in total. The second-order valence-corrected chi connectivity index (χ2v) is 4.44. The molecule has 1 aromatic rings. The van der Waals surface area contributed by atoms with Crippen LogP contribution in [0.2, 0.25) is 0 Å². The van der Waals surface area contributed by atoms with E-state index in [2.05, 4.69) is 5.32 Å². The molecule has 3 N–H and O–H groups in total. The van der Waals surface area contributed by atoms with Gasteiger partial charge in [0, 0.05) is 11.8 Å². The third-order valence-corrected chi connectivity index (χ3v) is 2.85. The van der Waals surface area contributed by atoms with Gasteiger partial charge in [0.05, 0.1) is 5.56 Å². The number of phenols is 2. The number of carbonyl (C=O) groups excluding carboxylic acids is 1. The molecule has 88 valence electrons. The summed E-state index contributed by atoms with van der Waals surface area (Å²) in [6.07, 6.45) is 1.95. The molecule has 0 heterocycles. The van der Waals surface area contributed by atoms with Gasteiger partial charge in [-0.2, -0.15) is 11.8 Å². The Balaban J connectivity index is 2.76. The van der Waals surface area contributed by atoms with Crippen molar-refractivity contribution in [2.45, 2.75) is 13.0 Å². The SMILES string of the molecule is CSCC(C)NC(=O)c1cc(O)ccc1O. The van der Waals surface area contributed by atoms with Crippen LogP contribution in [0.1, 0.15) is 17.3 Å². The zero-order valence-electron chi connectivity index (χ0n) is 9.23. The Bertz CT molecular complexity index is 381. The number of thioether (sulfide) groups is 1. The first-order valence-electron chi connectivity index (χ1n) is 4.86. The van der Waals surface area contributed by atoms with Crippen molar-refractivity contribution in [1.82, 2.24) is 5.32 Å². The molecule has 1 atom stereocenters. The number of phenolic OH excluding ortho intramolecular Hbond substituents is 2. The normalized spacial score (nSPS) is 12.1. The van der Waals surface area contributed by atoms with Gasteiger partial charge in [-0.1, -0.05) is 0 Å². The Morgan fingerprint density at radius 3 is 2.81 bits per heavy atom. The Labute approximate surface area is 98.7 Å². The Morgan fingerprint density at radius 2 is 2.19 bits per heavy atom. The zero-order chi connectivity index (χ0) is 12.1. The molecule has 1 unspecified atom stereocenters. The van der Waals surface area contributed by atoms with E-state index in [1.54, 1.807) is 11.8 Å². The Hall–Kier alpha value is -1.36. The maximum absolute atomic E-state index is 11.7. The fourth-order valence-electron chi connectivity index (χ4n) is 1.30. The number of carbonyl (C=O) groups is 1. The van der Waals surface area contributed by atoms with Crippen molar-refractivity contribution in [2.24, 2.45) is 0 Å². The van der Waals surface area contributed by atoms with Crippen LogP contribution < -0.4 is 5.32 Å². The maximum atomic E-state index is 11.7. The lowest BCUT2D eigenvalue weighted by molar-refractivity contribution is 0.0940. The summed E-state index contributed by atoms with van der Waals surface area (Å²) in [7, 11) is 0. The van der Waals surface area contributed by atoms with E-state index in [0.29, 0.717) is 0 Å². The molecular formula is C11H15NO3S. The largest absolute Gasteiger partial charge is 0.508 e. The molecule has 16 heavy (non-hydrogen) atoms. The van der Waals surface area contributed by atoms with Crippen LogP contribution in [-0.2, 0) is 0 Å². The van der Waals surface area contributed by atoms with Gasteiger partial charge in [0.15, 0.2) is 0 Å². The number of rotatable bonds is 4. The van der Waals surface area contributed by atoms with Gasteiger partial charge < -0.3 is 15.5 Å². The van der Waals surface area contributed by atoms with Crippen molar-refractivity contribution in [3.05, 3.63) is 23.8 Å². The Morgan fingerprint density at radius 1 is 1.50 bits per heavy atom. The van der Waals surface area contributed by atoms with Crippen LogP contribution in [0.3, 0.4) is 0 Å². The number of benzene rings is 1. The van der Waals surface area contributed by atoms with Crippen molar-refractivity contribution in [3.8, 4) is 11.5 Å². The van der Waals surface area contributed by atoms with Crippen LogP contribution in [0, 0.1) is 0 Å². The van der Waals surface area contributed by atoms with Gasteiger partial charge in [-0.25, -0.2) is 0 Å². The average molecular weight is 241 g/mol. The van der Waals surface area contributed by atoms with Gasteiger partial charge in [-0.3, -0.25) is 4.79 Å². The molecule has 1 aromatic carbocycles. The highest BCUT2D eigenvalue weighted by molar-refractivity contribution is 7.98. The standard InChI is InChI=1S/C11H15NO3S/c1-7(6-16-2)12-11(15)9-5-8(13)3-4-10(9)14/h3-5,7,13-14H,6H2,1-2H3,(H,12,15). The second-order valence-electron chi connectivity index (χ2n) is 3.53. The van der Waals surface area contributed by atoms with Crippen molar-refractivity contribution in [2.75, 3.05) is 12.0 Å². The lowest BCUT2D eigenvalue weighted by Gasteiger charge is -2.13. The molecule has 1 rings (SSSR count). The van der Waals surface area contributed by atoms with E-state index in [0.717, 1.165) is 5.75 Å². The van der Waals surface area contributed by atoms with E-state index < -0.39 is 0 Å². The predicted molar refractivity (Wildman–Crippen MR) is 65.1 cm³/mol. The van der Waals surface area contributed by atoms with Gasteiger partial charge in [0.1, 0.15) is 11.5 Å². The van der Waals surface area contributed by atoms with Crippen LogP contribution in [-0.4, -0.2) is 34.2 Å². The molecule has 0 aromatic heterocycles. The van der Waals surface area contributed by atoms with Crippen LogP contribution in [0.5, 0.6) is 11.5 Å². The van der Waals surface area contributed by atoms with E-state index in [1.165, 1.54) is 18.2 Å². The second kappa shape index (κ2) is 5.65. The molecule has 0 saturated heterocycles. The molecular weight excluding hydrogens is 226 g/mol. The molecule has 0 aliphatic rings. The molecule has 0 fully saturated rings. The van der Waals surface area contributed by atoms with Crippen molar-refractivity contribution in [3.63, 3.8) is 0 Å². The summed E-state index contributed by atoms with van der Waals surface area (Å²) in [5.41, 5.74) is 0.0907. The lowest BCUT2D eigenvalue weighted by atomic mass is 10.1. The van der Waals surface area contributed by atoms with Gasteiger partial charge in [0.25, 0.3) is 5.91 Å². The van der Waals surface area contributed by atoms with E-state index in [4.69, 9.17) is 0 Å². The van der Waals surface area contributed by atoms with Gasteiger partial charge >= 0.3 is 0 Å². The molecule has 0 aliphatic heterocycles. The monoisotopic (exact) mass is 241 g/mol. The summed E-state index contributed by atoms with van der Waals surface area (Å²) in [4.78, 5) is 11.7. The maximum Gasteiger partial charge on any atom is 0.255 e. The zero-order valence-corrected chi connectivity index (χ0v) is 10.0. The third kappa shape index (κ3) is 3.34. The minimum atomic E-state index is -0.380. The Kier molecular flexibility index (Phi) is 4.49. The number of hydrogen-bond donors (Lipinski definition) is 3. The van der Waals surface area contributed by atoms with Crippen molar-refractivity contribution < 1.29 is 15.0 Å². The minimum Gasteiger partial charge on any atom is -0.508 e. The first kappa shape index (κ1) is 12.7. The topological polar surface area (TPSA) is 69.6 Å². The molecule has 0 radical (unpaired) electrons. The summed E-state index contributed by atoms with van der Waals surface area (Å²) in [6.45, 7) is 1.88. The summed E-state index contributed by atoms with van der Waals surface area (Å²) < 4.78 is 0. The van der Waals surface area contributed by atoms with Crippen LogP contribution >= 0.6 is 11.8 Å². The molecule has 0 bridgehead atoms. The van der Waals surface area contributed by atoms with Gasteiger partial charge in [-0.15, -0.1) is 0 Å². The highest BCUT2D eigenvalue weighted by Crippen LogP contribution is 2.21. The highest BCUT2D eigenvalue weighted by Gasteiger charge is 2.13. The van der Waals surface area contributed by atoms with E-state index >= 15 is 0 Å². The number of nitrogens with one attached hydrogen (secondary N) is 1. The van der Waals surface area contributed by atoms with Gasteiger partial charge in [-0.05, 0) is 31.4 Å². The minimum absolute atomic E-state index is 0.0178. The number of amides is 1. The van der Waals surface area contributed by atoms with Crippen molar-refractivity contribution in [1.29, 1.82) is 0 Å². The lowest BCUT2D eigenvalue weighted by Crippen LogP contribution is -2.34. The predicted octanol–water partition coefficient (Wildman–Crippen LogP) is 1.58. The summed E-state index contributed by atoms with van der Waals surface area (Å²) in [5, 5.41) is 21.4. The van der Waals surface area contributed by atoms with Gasteiger partial charge in [0.2, 0.25) is 0 Å². The molecule has 0 spiro atoms. The van der Waals surface area contributed by atoms with Crippen LogP contribution in [0.25, 0.3) is 0 Å². The smallest absolute Gasteiger partial charge is 0.255 e. The highest BCUT2D eigenvalue weighted by atomic mass is 32.2. The first-order valence-corrected chi connectivity index (χ1v) is 6.25. The number of hydrogen-bond acceptors (Lipinski definition) is 4. The fourth-order valence-corrected chi connectivity index (χ4v) is 1.88. The average Bonchev–Trinajstić information content (AvgIpc) is 2.21. The van der Waals surface area contributed by atoms with E-state index in [-0.39, 0.29) is 29.0 Å². The molecule has 5 heteroatoms. The van der Waals surface area contributed by atoms with Crippen LogP contribution in [0.4, 0.5) is 0 Å². The summed E-state index contributed by atoms with van der Waals surface area (Å²) in [6, 6.07) is 3.89. The summed E-state index contributed by atoms with van der Waals surface area (Å²) in [5.74, 6) is 0.243. The third-order valence-electron chi connectivity index (χ3n) is 2.02. The van der Waals surface area contributed by atoms with Crippen molar-refractivity contribution >= 4 is 17.7 Å². The fraction of sp³-hybridized carbons (Fsp3) is 0.364. The quantitative estimate of drug-likeness (QED) is 0.700. The molecule has 1 amide bonds.